The molecule has 0 aromatic heterocycles. The number of benzene rings is 2. The van der Waals surface area contributed by atoms with Gasteiger partial charge in [0, 0.05) is 16.5 Å². The van der Waals surface area contributed by atoms with E-state index in [1.807, 2.05) is 0 Å². The molecule has 0 spiro atoms. The molecule has 3 rings (SSSR count). The number of rotatable bonds is 2. The predicted molar refractivity (Wildman–Crippen MR) is 67.1 cm³/mol. The Labute approximate surface area is 104 Å². The summed E-state index contributed by atoms with van der Waals surface area (Å²) in [5.41, 5.74) is 0.726. The van der Waals surface area contributed by atoms with Crippen LogP contribution in [0.2, 0.25) is 0 Å². The van der Waals surface area contributed by atoms with Crippen LogP contribution < -0.4 is 0 Å². The molecule has 5 heteroatoms. The van der Waals surface area contributed by atoms with E-state index in [4.69, 9.17) is 0 Å². The molecular weight excluding hydrogens is 255 g/mol. The molecule has 0 bridgehead atoms. The van der Waals surface area contributed by atoms with Gasteiger partial charge in [-0.2, -0.15) is 8.42 Å². The topological polar surface area (TPSA) is 43.4 Å². The monoisotopic (exact) mass is 263 g/mol. The standard InChI is InChI=1S/C13H8FO3S/c1-17-18(15,16)12-7-10-11(14)6-5-8-3-2-4-9(12)13(8)10/h2-7H,1H2. The summed E-state index contributed by atoms with van der Waals surface area (Å²) in [5, 5.41) is 1.38. The van der Waals surface area contributed by atoms with Crippen LogP contribution in [-0.2, 0) is 14.3 Å². The van der Waals surface area contributed by atoms with Crippen LogP contribution in [-0.4, -0.2) is 8.42 Å². The highest BCUT2D eigenvalue weighted by Crippen LogP contribution is 2.40. The Bertz CT molecular complexity index is 791. The first-order valence-corrected chi connectivity index (χ1v) is 6.57. The first kappa shape index (κ1) is 11.4. The zero-order chi connectivity index (χ0) is 12.9. The summed E-state index contributed by atoms with van der Waals surface area (Å²) in [7, 11) is -1.02. The van der Waals surface area contributed by atoms with Crippen molar-refractivity contribution in [1.82, 2.24) is 0 Å². The average molecular weight is 263 g/mol. The van der Waals surface area contributed by atoms with Crippen molar-refractivity contribution in [1.29, 1.82) is 0 Å². The van der Waals surface area contributed by atoms with Gasteiger partial charge in [-0.3, -0.25) is 4.18 Å². The summed E-state index contributed by atoms with van der Waals surface area (Å²) in [4.78, 5) is -0.0526. The van der Waals surface area contributed by atoms with Crippen LogP contribution in [0, 0.1) is 12.9 Å². The second-order valence-electron chi connectivity index (χ2n) is 3.95. The molecule has 2 aromatic carbocycles. The van der Waals surface area contributed by atoms with Crippen LogP contribution in [0.4, 0.5) is 4.39 Å². The van der Waals surface area contributed by atoms with Gasteiger partial charge < -0.3 is 0 Å². The van der Waals surface area contributed by atoms with Crippen molar-refractivity contribution in [3.8, 4) is 0 Å². The van der Waals surface area contributed by atoms with E-state index in [9.17, 15) is 12.8 Å². The van der Waals surface area contributed by atoms with E-state index in [0.717, 1.165) is 5.39 Å². The van der Waals surface area contributed by atoms with E-state index < -0.39 is 15.9 Å². The van der Waals surface area contributed by atoms with Gasteiger partial charge in [0.05, 0.1) is 7.11 Å². The second-order valence-corrected chi connectivity index (χ2v) is 5.53. The van der Waals surface area contributed by atoms with Crippen LogP contribution in [0.25, 0.3) is 21.8 Å². The van der Waals surface area contributed by atoms with Crippen molar-refractivity contribution < 1.29 is 17.0 Å². The minimum Gasteiger partial charge on any atom is -0.264 e. The summed E-state index contributed by atoms with van der Waals surface area (Å²) in [6, 6.07) is 8.08. The maximum atomic E-state index is 13.7. The molecule has 0 aliphatic heterocycles. The Hall–Kier alpha value is -1.72. The molecular formula is C13H8FO3S. The molecule has 0 heterocycles. The average Bonchev–Trinajstić information content (AvgIpc) is 2.76. The van der Waals surface area contributed by atoms with E-state index in [1.165, 1.54) is 12.1 Å². The Kier molecular flexibility index (Phi) is 2.30. The molecule has 0 saturated carbocycles. The number of hydrogen-bond acceptors (Lipinski definition) is 3. The van der Waals surface area contributed by atoms with Crippen molar-refractivity contribution in [3.05, 3.63) is 54.4 Å². The van der Waals surface area contributed by atoms with Gasteiger partial charge in [-0.25, -0.2) is 4.39 Å². The zero-order valence-corrected chi connectivity index (χ0v) is 10.00. The summed E-state index contributed by atoms with van der Waals surface area (Å²) >= 11 is 0. The largest absolute Gasteiger partial charge is 0.297 e. The van der Waals surface area contributed by atoms with Gasteiger partial charge in [-0.15, -0.1) is 0 Å². The molecule has 0 amide bonds. The van der Waals surface area contributed by atoms with Crippen LogP contribution in [0.15, 0.2) is 30.3 Å². The lowest BCUT2D eigenvalue weighted by molar-refractivity contribution is 0.449. The molecule has 0 atom stereocenters. The first-order valence-electron chi connectivity index (χ1n) is 5.16. The first-order chi connectivity index (χ1) is 8.54. The molecule has 18 heavy (non-hydrogen) atoms. The SMILES string of the molecule is [CH2]OS(=O)(=O)C1=Cc2c(F)ccc3cccc1c23. The minimum absolute atomic E-state index is 0.0526. The van der Waals surface area contributed by atoms with Crippen molar-refractivity contribution in [2.75, 3.05) is 0 Å². The zero-order valence-electron chi connectivity index (χ0n) is 9.18. The third-order valence-electron chi connectivity index (χ3n) is 3.00. The third kappa shape index (κ3) is 1.41. The van der Waals surface area contributed by atoms with Crippen molar-refractivity contribution >= 4 is 31.9 Å². The Morgan fingerprint density at radius 2 is 1.94 bits per heavy atom. The molecule has 0 unspecified atom stereocenters. The quantitative estimate of drug-likeness (QED) is 0.782. The fourth-order valence-corrected chi connectivity index (χ4v) is 3.04. The fourth-order valence-electron chi connectivity index (χ4n) is 2.21. The smallest absolute Gasteiger partial charge is 0.264 e. The molecule has 1 aliphatic carbocycles. The molecule has 0 saturated heterocycles. The summed E-state index contributed by atoms with van der Waals surface area (Å²) in [6.45, 7) is 0. The molecule has 1 aliphatic rings. The van der Waals surface area contributed by atoms with Crippen molar-refractivity contribution in [3.63, 3.8) is 0 Å². The normalized spacial score (nSPS) is 14.0. The van der Waals surface area contributed by atoms with E-state index in [0.29, 0.717) is 10.9 Å². The van der Waals surface area contributed by atoms with Gasteiger partial charge in [-0.05, 0) is 17.5 Å². The summed E-state index contributed by atoms with van der Waals surface area (Å²) < 4.78 is 41.5. The number of halogens is 1. The summed E-state index contributed by atoms with van der Waals surface area (Å²) in [5.74, 6) is -0.454. The van der Waals surface area contributed by atoms with E-state index in [-0.39, 0.29) is 10.5 Å². The fraction of sp³-hybridized carbons (Fsp3) is 0. The lowest BCUT2D eigenvalue weighted by Gasteiger charge is -2.05. The van der Waals surface area contributed by atoms with Gasteiger partial charge in [-0.1, -0.05) is 24.3 Å². The van der Waals surface area contributed by atoms with E-state index >= 15 is 0 Å². The lowest BCUT2D eigenvalue weighted by atomic mass is 10.0. The van der Waals surface area contributed by atoms with E-state index in [2.05, 4.69) is 11.3 Å². The molecule has 3 nitrogen and oxygen atoms in total. The second kappa shape index (κ2) is 3.63. The summed E-state index contributed by atoms with van der Waals surface area (Å²) in [6.07, 6.45) is 1.29. The van der Waals surface area contributed by atoms with Gasteiger partial charge in [0.1, 0.15) is 10.7 Å². The van der Waals surface area contributed by atoms with Crippen molar-refractivity contribution in [2.24, 2.45) is 0 Å². The molecule has 0 N–H and O–H groups in total. The van der Waals surface area contributed by atoms with Gasteiger partial charge >= 0.3 is 0 Å². The van der Waals surface area contributed by atoms with E-state index in [1.54, 1.807) is 24.3 Å². The Morgan fingerprint density at radius 1 is 1.17 bits per heavy atom. The van der Waals surface area contributed by atoms with Gasteiger partial charge in [0.2, 0.25) is 0 Å². The third-order valence-corrected chi connectivity index (χ3v) is 4.18. The van der Waals surface area contributed by atoms with Crippen LogP contribution in [0.3, 0.4) is 0 Å². The van der Waals surface area contributed by atoms with Gasteiger partial charge in [0.15, 0.2) is 0 Å². The van der Waals surface area contributed by atoms with Crippen LogP contribution in [0.1, 0.15) is 11.1 Å². The highest BCUT2D eigenvalue weighted by atomic mass is 32.2. The highest BCUT2D eigenvalue weighted by molar-refractivity contribution is 7.96. The minimum atomic E-state index is -3.95. The highest BCUT2D eigenvalue weighted by Gasteiger charge is 2.28. The van der Waals surface area contributed by atoms with Crippen molar-refractivity contribution in [2.45, 2.75) is 0 Å². The predicted octanol–water partition coefficient (Wildman–Crippen LogP) is 2.93. The maximum absolute atomic E-state index is 13.7. The number of hydrogen-bond donors (Lipinski definition) is 0. The molecule has 0 fully saturated rings. The molecule has 91 valence electrons. The Balaban J connectivity index is 2.43. The van der Waals surface area contributed by atoms with Crippen LogP contribution in [0.5, 0.6) is 0 Å². The molecule has 2 aromatic rings. The maximum Gasteiger partial charge on any atom is 0.297 e. The van der Waals surface area contributed by atoms with Gasteiger partial charge in [0.25, 0.3) is 10.1 Å². The van der Waals surface area contributed by atoms with Crippen LogP contribution >= 0.6 is 0 Å². The Morgan fingerprint density at radius 3 is 2.67 bits per heavy atom. The molecule has 1 radical (unpaired) electrons. The lowest BCUT2D eigenvalue weighted by Crippen LogP contribution is -2.02.